The average molecular weight is 277 g/mol. The smallest absolute Gasteiger partial charge is 0.125 e. The molecule has 0 aliphatic heterocycles. The molecule has 0 radical (unpaired) electrons. The first-order valence-electron chi connectivity index (χ1n) is 7.00. The second-order valence-corrected chi connectivity index (χ2v) is 6.35. The molecule has 1 aliphatic rings. The van der Waals surface area contributed by atoms with Gasteiger partial charge >= 0.3 is 0 Å². The molecule has 0 aromatic heterocycles. The molecule has 3 heteroatoms. The summed E-state index contributed by atoms with van der Waals surface area (Å²) in [6, 6.07) is 10.1. The number of anilines is 1. The minimum atomic E-state index is -0.421. The first kappa shape index (κ1) is 14.2. The summed E-state index contributed by atoms with van der Waals surface area (Å²) in [6.45, 7) is 4.54. The molecule has 0 saturated heterocycles. The molecule has 0 heterocycles. The predicted octanol–water partition coefficient (Wildman–Crippen LogP) is 4.86. The summed E-state index contributed by atoms with van der Waals surface area (Å²) < 4.78 is 0. The highest BCUT2D eigenvalue weighted by atomic mass is 35.5. The van der Waals surface area contributed by atoms with Crippen molar-refractivity contribution < 1.29 is 0 Å². The number of hydrogen-bond acceptors (Lipinski definition) is 2. The molecule has 0 atom stereocenters. The summed E-state index contributed by atoms with van der Waals surface area (Å²) in [7, 11) is 0. The molecule has 1 N–H and O–H groups in total. The number of hydrogen-bond donors (Lipinski definition) is 1. The molecule has 1 aliphatic carbocycles. The van der Waals surface area contributed by atoms with Crippen LogP contribution in [0.3, 0.4) is 0 Å². The second kappa shape index (κ2) is 5.84. The van der Waals surface area contributed by atoms with Gasteiger partial charge in [-0.05, 0) is 55.7 Å². The molecule has 2 nitrogen and oxygen atoms in total. The predicted molar refractivity (Wildman–Crippen MR) is 80.2 cm³/mol. The van der Waals surface area contributed by atoms with E-state index in [9.17, 15) is 5.26 Å². The fourth-order valence-corrected chi connectivity index (χ4v) is 3.10. The molecule has 1 aromatic carbocycles. The van der Waals surface area contributed by atoms with Crippen molar-refractivity contribution in [1.82, 2.24) is 0 Å². The summed E-state index contributed by atoms with van der Waals surface area (Å²) in [5.41, 5.74) is 0.521. The van der Waals surface area contributed by atoms with Gasteiger partial charge in [-0.15, -0.1) is 0 Å². The van der Waals surface area contributed by atoms with E-state index in [2.05, 4.69) is 25.2 Å². The van der Waals surface area contributed by atoms with Gasteiger partial charge in [-0.3, -0.25) is 0 Å². The highest BCUT2D eigenvalue weighted by molar-refractivity contribution is 6.30. The van der Waals surface area contributed by atoms with Crippen LogP contribution < -0.4 is 5.32 Å². The van der Waals surface area contributed by atoms with Crippen LogP contribution in [-0.4, -0.2) is 5.54 Å². The summed E-state index contributed by atoms with van der Waals surface area (Å²) in [4.78, 5) is 0. The molecule has 0 amide bonds. The molecular weight excluding hydrogens is 256 g/mol. The lowest BCUT2D eigenvalue weighted by atomic mass is 9.73. The Morgan fingerprint density at radius 1 is 1.37 bits per heavy atom. The molecule has 0 unspecified atom stereocenters. The largest absolute Gasteiger partial charge is 0.367 e. The molecule has 2 rings (SSSR count). The fraction of sp³-hybridized carbons (Fsp3) is 0.562. The van der Waals surface area contributed by atoms with Crippen molar-refractivity contribution in [2.24, 2.45) is 11.8 Å². The summed E-state index contributed by atoms with van der Waals surface area (Å²) >= 11 is 5.99. The lowest BCUT2D eigenvalue weighted by Gasteiger charge is -2.37. The summed E-state index contributed by atoms with van der Waals surface area (Å²) in [5.74, 6) is 1.46. The third-order valence-electron chi connectivity index (χ3n) is 4.25. The minimum absolute atomic E-state index is 0.421. The van der Waals surface area contributed by atoms with Gasteiger partial charge in [0, 0.05) is 10.7 Å². The average Bonchev–Trinajstić information content (AvgIpc) is 2.39. The standard InChI is InChI=1S/C16H21ClN2/c1-12(2)13-6-8-16(11-18,9-7-13)19-15-5-3-4-14(17)10-15/h3-5,10,12-13,19H,6-9H2,1-2H3. The maximum absolute atomic E-state index is 9.55. The maximum Gasteiger partial charge on any atom is 0.125 e. The van der Waals surface area contributed by atoms with Gasteiger partial charge in [0.2, 0.25) is 0 Å². The zero-order chi connectivity index (χ0) is 13.9. The van der Waals surface area contributed by atoms with Gasteiger partial charge in [-0.1, -0.05) is 31.5 Å². The third kappa shape index (κ3) is 3.42. The van der Waals surface area contributed by atoms with Gasteiger partial charge in [0.1, 0.15) is 5.54 Å². The zero-order valence-corrected chi connectivity index (χ0v) is 12.4. The van der Waals surface area contributed by atoms with E-state index in [-0.39, 0.29) is 0 Å². The van der Waals surface area contributed by atoms with Gasteiger partial charge < -0.3 is 5.32 Å². The molecular formula is C16H21ClN2. The molecule has 0 bridgehead atoms. The number of nitrogens with zero attached hydrogens (tertiary/aromatic N) is 1. The van der Waals surface area contributed by atoms with Crippen molar-refractivity contribution in [3.63, 3.8) is 0 Å². The Hall–Kier alpha value is -1.20. The van der Waals surface area contributed by atoms with E-state index in [1.165, 1.54) is 0 Å². The summed E-state index contributed by atoms with van der Waals surface area (Å²) in [5, 5.41) is 13.7. The van der Waals surface area contributed by atoms with E-state index in [0.717, 1.165) is 37.3 Å². The van der Waals surface area contributed by atoms with Crippen LogP contribution in [0.1, 0.15) is 39.5 Å². The Morgan fingerprint density at radius 3 is 2.58 bits per heavy atom. The Bertz CT molecular complexity index is 468. The lowest BCUT2D eigenvalue weighted by molar-refractivity contribution is 0.239. The van der Waals surface area contributed by atoms with Gasteiger partial charge in [0.15, 0.2) is 0 Å². The number of benzene rings is 1. The van der Waals surface area contributed by atoms with Gasteiger partial charge in [-0.25, -0.2) is 0 Å². The van der Waals surface area contributed by atoms with Crippen LogP contribution >= 0.6 is 11.6 Å². The second-order valence-electron chi connectivity index (χ2n) is 5.91. The van der Waals surface area contributed by atoms with E-state index in [1.807, 2.05) is 24.3 Å². The van der Waals surface area contributed by atoms with Crippen molar-refractivity contribution in [1.29, 1.82) is 5.26 Å². The number of halogens is 1. The van der Waals surface area contributed by atoms with Crippen molar-refractivity contribution in [3.05, 3.63) is 29.3 Å². The SMILES string of the molecule is CC(C)C1CCC(C#N)(Nc2cccc(Cl)c2)CC1. The minimum Gasteiger partial charge on any atom is -0.367 e. The molecule has 1 saturated carbocycles. The maximum atomic E-state index is 9.55. The van der Waals surface area contributed by atoms with Crippen LogP contribution in [0.5, 0.6) is 0 Å². The van der Waals surface area contributed by atoms with Crippen LogP contribution in [0.15, 0.2) is 24.3 Å². The van der Waals surface area contributed by atoms with Gasteiger partial charge in [0.05, 0.1) is 6.07 Å². The van der Waals surface area contributed by atoms with E-state index in [1.54, 1.807) is 0 Å². The van der Waals surface area contributed by atoms with Crippen molar-refractivity contribution >= 4 is 17.3 Å². The van der Waals surface area contributed by atoms with Crippen molar-refractivity contribution in [3.8, 4) is 6.07 Å². The van der Waals surface area contributed by atoms with Crippen LogP contribution in [0.25, 0.3) is 0 Å². The van der Waals surface area contributed by atoms with Crippen LogP contribution in [-0.2, 0) is 0 Å². The van der Waals surface area contributed by atoms with Crippen molar-refractivity contribution in [2.45, 2.75) is 45.1 Å². The summed E-state index contributed by atoms with van der Waals surface area (Å²) in [6.07, 6.45) is 4.08. The molecule has 19 heavy (non-hydrogen) atoms. The topological polar surface area (TPSA) is 35.8 Å². The molecule has 1 fully saturated rings. The zero-order valence-electron chi connectivity index (χ0n) is 11.6. The highest BCUT2D eigenvalue weighted by Crippen LogP contribution is 2.37. The molecule has 0 spiro atoms. The Balaban J connectivity index is 2.07. The third-order valence-corrected chi connectivity index (χ3v) is 4.48. The number of nitrogens with one attached hydrogen (secondary N) is 1. The Morgan fingerprint density at radius 2 is 2.05 bits per heavy atom. The Labute approximate surface area is 120 Å². The first-order valence-corrected chi connectivity index (χ1v) is 7.37. The number of rotatable bonds is 3. The Kier molecular flexibility index (Phi) is 4.37. The number of nitriles is 1. The van der Waals surface area contributed by atoms with Crippen LogP contribution in [0.4, 0.5) is 5.69 Å². The van der Waals surface area contributed by atoms with Crippen molar-refractivity contribution in [2.75, 3.05) is 5.32 Å². The van der Waals surface area contributed by atoms with Gasteiger partial charge in [0.25, 0.3) is 0 Å². The van der Waals surface area contributed by atoms with E-state index in [0.29, 0.717) is 10.9 Å². The van der Waals surface area contributed by atoms with E-state index >= 15 is 0 Å². The monoisotopic (exact) mass is 276 g/mol. The van der Waals surface area contributed by atoms with Crippen LogP contribution in [0.2, 0.25) is 5.02 Å². The van der Waals surface area contributed by atoms with Gasteiger partial charge in [-0.2, -0.15) is 5.26 Å². The molecule has 1 aromatic rings. The van der Waals surface area contributed by atoms with E-state index < -0.39 is 5.54 Å². The normalized spacial score (nSPS) is 27.0. The quantitative estimate of drug-likeness (QED) is 0.856. The highest BCUT2D eigenvalue weighted by Gasteiger charge is 2.36. The van der Waals surface area contributed by atoms with Crippen LogP contribution in [0, 0.1) is 23.2 Å². The fourth-order valence-electron chi connectivity index (χ4n) is 2.91. The van der Waals surface area contributed by atoms with E-state index in [4.69, 9.17) is 11.6 Å². The molecule has 102 valence electrons. The lowest BCUT2D eigenvalue weighted by Crippen LogP contribution is -2.41. The first-order chi connectivity index (χ1) is 9.04.